The molecule has 2 heterocycles. The highest BCUT2D eigenvalue weighted by atomic mass is 35.5. The van der Waals surface area contributed by atoms with Crippen molar-refractivity contribution in [2.45, 2.75) is 13.5 Å². The van der Waals surface area contributed by atoms with E-state index in [0.717, 1.165) is 15.7 Å². The van der Waals surface area contributed by atoms with Gasteiger partial charge in [0.1, 0.15) is 0 Å². The van der Waals surface area contributed by atoms with Crippen molar-refractivity contribution < 1.29 is 0 Å². The normalized spacial score (nSPS) is 12.3. The minimum atomic E-state index is 0.0478. The zero-order valence-electron chi connectivity index (χ0n) is 8.24. The quantitative estimate of drug-likeness (QED) is 0.789. The maximum atomic E-state index is 11.9. The molecule has 4 heteroatoms. The van der Waals surface area contributed by atoms with Crippen molar-refractivity contribution in [3.05, 3.63) is 45.2 Å². The Kier molecular flexibility index (Phi) is 2.93. The van der Waals surface area contributed by atoms with E-state index >= 15 is 0 Å². The summed E-state index contributed by atoms with van der Waals surface area (Å²) in [5.41, 5.74) is 2.52. The van der Waals surface area contributed by atoms with Gasteiger partial charge in [0.15, 0.2) is 0 Å². The second-order valence-corrected chi connectivity index (χ2v) is 4.57. The molecule has 0 N–H and O–H groups in total. The van der Waals surface area contributed by atoms with Gasteiger partial charge in [-0.05, 0) is 30.0 Å². The van der Waals surface area contributed by atoms with E-state index in [4.69, 9.17) is 11.6 Å². The van der Waals surface area contributed by atoms with Crippen LogP contribution in [0, 0.1) is 0 Å². The highest BCUT2D eigenvalue weighted by molar-refractivity contribution is 7.17. The van der Waals surface area contributed by atoms with Crippen LogP contribution in [0.3, 0.4) is 0 Å². The largest absolute Gasteiger partial charge is 0.311 e. The molecule has 0 saturated heterocycles. The lowest BCUT2D eigenvalue weighted by Crippen LogP contribution is -2.19. The Bertz CT molecular complexity index is 567. The monoisotopic (exact) mass is 239 g/mol. The summed E-state index contributed by atoms with van der Waals surface area (Å²) < 4.78 is 2.70. The van der Waals surface area contributed by atoms with Gasteiger partial charge in [0.25, 0.3) is 5.56 Å². The molecule has 2 nitrogen and oxygen atoms in total. The number of aromatic nitrogens is 1. The van der Waals surface area contributed by atoms with E-state index in [9.17, 15) is 4.79 Å². The van der Waals surface area contributed by atoms with Crippen LogP contribution in [-0.2, 0) is 6.54 Å². The van der Waals surface area contributed by atoms with Crippen molar-refractivity contribution in [2.24, 2.45) is 0 Å². The second-order valence-electron chi connectivity index (χ2n) is 3.40. The van der Waals surface area contributed by atoms with E-state index in [1.807, 2.05) is 30.6 Å². The molecule has 0 amide bonds. The molecule has 0 spiro atoms. The van der Waals surface area contributed by atoms with Crippen LogP contribution in [-0.4, -0.2) is 4.57 Å². The van der Waals surface area contributed by atoms with E-state index in [1.54, 1.807) is 15.9 Å². The van der Waals surface area contributed by atoms with E-state index in [2.05, 4.69) is 0 Å². The fourth-order valence-electron chi connectivity index (χ4n) is 1.43. The van der Waals surface area contributed by atoms with Crippen LogP contribution in [0.4, 0.5) is 0 Å². The first kappa shape index (κ1) is 10.5. The number of thiophene rings is 1. The second kappa shape index (κ2) is 4.21. The van der Waals surface area contributed by atoms with Crippen LogP contribution >= 0.6 is 22.9 Å². The Hall–Kier alpha value is -1.06. The molecule has 0 unspecified atom stereocenters. The van der Waals surface area contributed by atoms with Crippen LogP contribution in [0.2, 0.25) is 0 Å². The van der Waals surface area contributed by atoms with Gasteiger partial charge in [-0.25, -0.2) is 0 Å². The summed E-state index contributed by atoms with van der Waals surface area (Å²) in [5, 5.41) is 2.71. The topological polar surface area (TPSA) is 22.0 Å². The first-order valence-electron chi connectivity index (χ1n) is 4.55. The molecule has 0 aromatic carbocycles. The third kappa shape index (κ3) is 1.98. The molecule has 0 bridgehead atoms. The van der Waals surface area contributed by atoms with E-state index in [-0.39, 0.29) is 5.56 Å². The van der Waals surface area contributed by atoms with Crippen LogP contribution in [0.15, 0.2) is 39.6 Å². The standard InChI is InChI=1S/C11H10ClNOS/c1-8(6-12)7-13-4-2-10-9(11(13)14)3-5-15-10/h2-6H,7H2,1H3/b8-6-. The summed E-state index contributed by atoms with van der Waals surface area (Å²) in [6.07, 6.45) is 1.81. The molecule has 78 valence electrons. The van der Waals surface area contributed by atoms with Gasteiger partial charge in [0, 0.05) is 23.0 Å². The zero-order chi connectivity index (χ0) is 10.8. The fourth-order valence-corrected chi connectivity index (χ4v) is 2.28. The van der Waals surface area contributed by atoms with Crippen molar-refractivity contribution in [3.63, 3.8) is 0 Å². The first-order valence-corrected chi connectivity index (χ1v) is 5.86. The molecular weight excluding hydrogens is 230 g/mol. The van der Waals surface area contributed by atoms with Gasteiger partial charge >= 0.3 is 0 Å². The molecular formula is C11H10ClNOS. The molecule has 0 aliphatic heterocycles. The minimum Gasteiger partial charge on any atom is -0.311 e. The first-order chi connectivity index (χ1) is 7.22. The predicted molar refractivity (Wildman–Crippen MR) is 65.7 cm³/mol. The average molecular weight is 240 g/mol. The molecule has 2 rings (SSSR count). The molecule has 0 radical (unpaired) electrons. The highest BCUT2D eigenvalue weighted by Gasteiger charge is 2.03. The number of rotatable bonds is 2. The predicted octanol–water partition coefficient (Wildman–Crippen LogP) is 3.21. The molecule has 0 atom stereocenters. The lowest BCUT2D eigenvalue weighted by molar-refractivity contribution is 0.756. The summed E-state index contributed by atoms with van der Waals surface area (Å²) in [4.78, 5) is 11.9. The zero-order valence-corrected chi connectivity index (χ0v) is 9.81. The Balaban J connectivity index is 2.53. The van der Waals surface area contributed by atoms with Gasteiger partial charge in [-0.2, -0.15) is 0 Å². The SMILES string of the molecule is C/C(=C/Cl)Cn1ccc2sccc2c1=O. The molecule has 0 aliphatic carbocycles. The molecule has 0 aliphatic rings. The van der Waals surface area contributed by atoms with Gasteiger partial charge in [-0.3, -0.25) is 4.79 Å². The highest BCUT2D eigenvalue weighted by Crippen LogP contribution is 2.16. The van der Waals surface area contributed by atoms with Crippen molar-refractivity contribution in [2.75, 3.05) is 0 Å². The smallest absolute Gasteiger partial charge is 0.259 e. The number of hydrogen-bond donors (Lipinski definition) is 0. The van der Waals surface area contributed by atoms with Crippen molar-refractivity contribution in [1.82, 2.24) is 4.57 Å². The summed E-state index contributed by atoms with van der Waals surface area (Å²) in [6, 6.07) is 3.82. The molecule has 0 saturated carbocycles. The summed E-state index contributed by atoms with van der Waals surface area (Å²) in [7, 11) is 0. The van der Waals surface area contributed by atoms with Gasteiger partial charge in [0.05, 0.1) is 5.39 Å². The van der Waals surface area contributed by atoms with Crippen molar-refractivity contribution >= 4 is 33.0 Å². The van der Waals surface area contributed by atoms with Gasteiger partial charge in [0.2, 0.25) is 0 Å². The van der Waals surface area contributed by atoms with Crippen LogP contribution in [0.1, 0.15) is 6.92 Å². The van der Waals surface area contributed by atoms with E-state index in [0.29, 0.717) is 6.54 Å². The molecule has 15 heavy (non-hydrogen) atoms. The number of allylic oxidation sites excluding steroid dienone is 1. The maximum absolute atomic E-state index is 11.9. The Morgan fingerprint density at radius 1 is 1.60 bits per heavy atom. The molecule has 0 fully saturated rings. The molecule has 2 aromatic rings. The lowest BCUT2D eigenvalue weighted by atomic mass is 10.3. The third-order valence-electron chi connectivity index (χ3n) is 2.20. The van der Waals surface area contributed by atoms with Crippen LogP contribution < -0.4 is 5.56 Å². The van der Waals surface area contributed by atoms with E-state index in [1.165, 1.54) is 5.54 Å². The Morgan fingerprint density at radius 2 is 2.40 bits per heavy atom. The minimum absolute atomic E-state index is 0.0478. The maximum Gasteiger partial charge on any atom is 0.259 e. The average Bonchev–Trinajstić information content (AvgIpc) is 2.70. The number of nitrogens with zero attached hydrogens (tertiary/aromatic N) is 1. The third-order valence-corrected chi connectivity index (χ3v) is 3.45. The van der Waals surface area contributed by atoms with Crippen LogP contribution in [0.25, 0.3) is 10.1 Å². The summed E-state index contributed by atoms with van der Waals surface area (Å²) in [6.45, 7) is 2.45. The Labute approximate surface area is 96.4 Å². The van der Waals surface area contributed by atoms with Crippen molar-refractivity contribution in [3.8, 4) is 0 Å². The number of fused-ring (bicyclic) bond motifs is 1. The number of pyridine rings is 1. The Morgan fingerprint density at radius 3 is 3.13 bits per heavy atom. The fraction of sp³-hybridized carbons (Fsp3) is 0.182. The van der Waals surface area contributed by atoms with Gasteiger partial charge in [-0.1, -0.05) is 11.6 Å². The lowest BCUT2D eigenvalue weighted by Gasteiger charge is -2.04. The number of halogens is 1. The van der Waals surface area contributed by atoms with Gasteiger partial charge in [-0.15, -0.1) is 11.3 Å². The van der Waals surface area contributed by atoms with Crippen molar-refractivity contribution in [1.29, 1.82) is 0 Å². The van der Waals surface area contributed by atoms with E-state index < -0.39 is 0 Å². The summed E-state index contributed by atoms with van der Waals surface area (Å²) in [5.74, 6) is 0. The van der Waals surface area contributed by atoms with Gasteiger partial charge < -0.3 is 4.57 Å². The molecule has 2 aromatic heterocycles. The van der Waals surface area contributed by atoms with Crippen LogP contribution in [0.5, 0.6) is 0 Å². The summed E-state index contributed by atoms with van der Waals surface area (Å²) >= 11 is 7.16. The number of hydrogen-bond acceptors (Lipinski definition) is 2.